The smallest absolute Gasteiger partial charge is 0.354 e. The molecule has 0 bridgehead atoms. The Morgan fingerprint density at radius 1 is 1.27 bits per heavy atom. The zero-order valence-corrected chi connectivity index (χ0v) is 14.9. The minimum atomic E-state index is -1.26. The summed E-state index contributed by atoms with van der Waals surface area (Å²) in [4.78, 5) is 27.5. The molecule has 2 aromatic heterocycles. The first-order chi connectivity index (χ1) is 12.4. The lowest BCUT2D eigenvalue weighted by Crippen LogP contribution is -2.18. The van der Waals surface area contributed by atoms with Crippen molar-refractivity contribution in [3.8, 4) is 0 Å². The number of hydrogen-bond acceptors (Lipinski definition) is 5. The van der Waals surface area contributed by atoms with Crippen molar-refractivity contribution in [3.05, 3.63) is 57.6 Å². The maximum Gasteiger partial charge on any atom is 0.354 e. The third-order valence-corrected chi connectivity index (χ3v) is 4.24. The lowest BCUT2D eigenvalue weighted by molar-refractivity contribution is 0.0680. The number of anilines is 1. The van der Waals surface area contributed by atoms with E-state index in [4.69, 9.17) is 28.3 Å². The van der Waals surface area contributed by atoms with E-state index >= 15 is 0 Å². The van der Waals surface area contributed by atoms with Crippen molar-refractivity contribution in [3.63, 3.8) is 0 Å². The van der Waals surface area contributed by atoms with Gasteiger partial charge < -0.3 is 5.11 Å². The molecule has 1 amide bonds. The van der Waals surface area contributed by atoms with Gasteiger partial charge in [0.15, 0.2) is 5.69 Å². The number of carboxylic acids is 1. The topological polar surface area (TPSA) is 115 Å². The van der Waals surface area contributed by atoms with E-state index in [9.17, 15) is 9.59 Å². The molecule has 0 aliphatic heterocycles. The summed E-state index contributed by atoms with van der Waals surface area (Å²) in [5.74, 6) is -1.93. The number of rotatable bonds is 5. The molecule has 3 rings (SSSR count). The van der Waals surface area contributed by atoms with E-state index in [-0.39, 0.29) is 23.8 Å². The molecule has 3 aromatic rings. The number of carbonyl (C=O) groups is 2. The first-order valence-corrected chi connectivity index (χ1v) is 8.01. The average Bonchev–Trinajstić information content (AvgIpc) is 3.17. The van der Waals surface area contributed by atoms with Crippen LogP contribution in [0.15, 0.2) is 30.7 Å². The maximum atomic E-state index is 12.3. The number of aromatic nitrogens is 5. The van der Waals surface area contributed by atoms with Crippen LogP contribution in [0.5, 0.6) is 0 Å². The Balaban J connectivity index is 1.77. The number of hydrogen-bond donors (Lipinski definition) is 2. The highest BCUT2D eigenvalue weighted by Gasteiger charge is 2.22. The number of aryl methyl sites for hydroxylation is 1. The molecule has 9 nitrogen and oxygen atoms in total. The lowest BCUT2D eigenvalue weighted by Gasteiger charge is -2.06. The second-order valence-electron chi connectivity index (χ2n) is 5.26. The number of amides is 1. The highest BCUT2D eigenvalue weighted by molar-refractivity contribution is 6.35. The third kappa shape index (κ3) is 3.53. The number of benzene rings is 1. The van der Waals surface area contributed by atoms with Crippen LogP contribution in [0.4, 0.5) is 5.95 Å². The van der Waals surface area contributed by atoms with Gasteiger partial charge in [-0.25, -0.2) is 14.5 Å². The highest BCUT2D eigenvalue weighted by Crippen LogP contribution is 2.25. The van der Waals surface area contributed by atoms with Gasteiger partial charge in [0.2, 0.25) is 5.95 Å². The standard InChI is InChI=1S/C15H12Cl2N6O3/c1-22-12(14(25)26)8(5-19-22)13(24)20-15-18-7-23(21-15)6-9-10(16)3-2-4-11(9)17/h2-5,7H,6H2,1H3,(H,25,26)(H,20,21,24). The molecule has 0 radical (unpaired) electrons. The summed E-state index contributed by atoms with van der Waals surface area (Å²) in [5, 5.41) is 20.5. The van der Waals surface area contributed by atoms with Crippen molar-refractivity contribution in [2.75, 3.05) is 5.32 Å². The second kappa shape index (κ2) is 7.14. The molecule has 1 aromatic carbocycles. The van der Waals surface area contributed by atoms with Crippen molar-refractivity contribution < 1.29 is 14.7 Å². The third-order valence-electron chi connectivity index (χ3n) is 3.53. The summed E-state index contributed by atoms with van der Waals surface area (Å²) in [6.45, 7) is 0.259. The fourth-order valence-electron chi connectivity index (χ4n) is 2.30. The summed E-state index contributed by atoms with van der Waals surface area (Å²) in [6.07, 6.45) is 2.57. The normalized spacial score (nSPS) is 10.7. The molecule has 0 fully saturated rings. The van der Waals surface area contributed by atoms with Crippen LogP contribution in [-0.2, 0) is 13.6 Å². The van der Waals surface area contributed by atoms with Gasteiger partial charge in [-0.1, -0.05) is 29.3 Å². The van der Waals surface area contributed by atoms with Crippen molar-refractivity contribution >= 4 is 41.0 Å². The van der Waals surface area contributed by atoms with Crippen LogP contribution in [0.2, 0.25) is 10.0 Å². The summed E-state index contributed by atoms with van der Waals surface area (Å²) >= 11 is 12.2. The fourth-order valence-corrected chi connectivity index (χ4v) is 2.82. The maximum absolute atomic E-state index is 12.3. The Hall–Kier alpha value is -2.91. The van der Waals surface area contributed by atoms with E-state index in [0.29, 0.717) is 15.6 Å². The Morgan fingerprint density at radius 3 is 2.62 bits per heavy atom. The van der Waals surface area contributed by atoms with Gasteiger partial charge in [0.25, 0.3) is 5.91 Å². The first-order valence-electron chi connectivity index (χ1n) is 7.25. The molecule has 134 valence electrons. The Bertz CT molecular complexity index is 977. The SMILES string of the molecule is Cn1ncc(C(=O)Nc2ncn(Cc3c(Cl)cccc3Cl)n2)c1C(=O)O. The Morgan fingerprint density at radius 2 is 1.96 bits per heavy atom. The second-order valence-corrected chi connectivity index (χ2v) is 6.07. The van der Waals surface area contributed by atoms with Crippen LogP contribution in [0.25, 0.3) is 0 Å². The average molecular weight is 395 g/mol. The van der Waals surface area contributed by atoms with Crippen LogP contribution < -0.4 is 5.32 Å². The molecule has 11 heteroatoms. The van der Waals surface area contributed by atoms with Gasteiger partial charge in [0, 0.05) is 22.7 Å². The molecule has 0 spiro atoms. The van der Waals surface area contributed by atoms with Crippen LogP contribution >= 0.6 is 23.2 Å². The number of carbonyl (C=O) groups excluding carboxylic acids is 1. The monoisotopic (exact) mass is 394 g/mol. The van der Waals surface area contributed by atoms with Gasteiger partial charge in [0.05, 0.1) is 18.3 Å². The van der Waals surface area contributed by atoms with Crippen molar-refractivity contribution in [2.24, 2.45) is 7.05 Å². The van der Waals surface area contributed by atoms with Crippen LogP contribution in [-0.4, -0.2) is 41.5 Å². The van der Waals surface area contributed by atoms with Gasteiger partial charge in [-0.3, -0.25) is 14.8 Å². The quantitative estimate of drug-likeness (QED) is 0.685. The van der Waals surface area contributed by atoms with Gasteiger partial charge in [-0.15, -0.1) is 5.10 Å². The fraction of sp³-hybridized carbons (Fsp3) is 0.133. The predicted molar refractivity (Wildman–Crippen MR) is 93.7 cm³/mol. The molecule has 0 atom stereocenters. The zero-order valence-electron chi connectivity index (χ0n) is 13.3. The van der Waals surface area contributed by atoms with Gasteiger partial charge in [0.1, 0.15) is 6.33 Å². The molecule has 26 heavy (non-hydrogen) atoms. The zero-order chi connectivity index (χ0) is 18.8. The van der Waals surface area contributed by atoms with Gasteiger partial charge >= 0.3 is 5.97 Å². The summed E-state index contributed by atoms with van der Waals surface area (Å²) < 4.78 is 2.55. The molecule has 2 heterocycles. The van der Waals surface area contributed by atoms with E-state index in [0.717, 1.165) is 4.68 Å². The summed E-state index contributed by atoms with van der Waals surface area (Å²) in [6, 6.07) is 5.14. The lowest BCUT2D eigenvalue weighted by atomic mass is 10.2. The van der Waals surface area contributed by atoms with Crippen molar-refractivity contribution in [1.82, 2.24) is 24.5 Å². The number of carboxylic acid groups (broad SMARTS) is 1. The largest absolute Gasteiger partial charge is 0.477 e. The molecule has 0 saturated carbocycles. The van der Waals surface area contributed by atoms with Crippen LogP contribution in [0.3, 0.4) is 0 Å². The number of nitrogens with one attached hydrogen (secondary N) is 1. The van der Waals surface area contributed by atoms with Crippen LogP contribution in [0, 0.1) is 0 Å². The Labute approximate surface area is 157 Å². The summed E-state index contributed by atoms with van der Waals surface area (Å²) in [7, 11) is 1.43. The molecule has 0 aliphatic carbocycles. The van der Waals surface area contributed by atoms with E-state index in [1.807, 2.05) is 0 Å². The van der Waals surface area contributed by atoms with Crippen LogP contribution in [0.1, 0.15) is 26.4 Å². The number of halogens is 2. The predicted octanol–water partition coefficient (Wildman–Crippen LogP) is 2.32. The first kappa shape index (κ1) is 17.9. The summed E-state index contributed by atoms with van der Waals surface area (Å²) in [5.41, 5.74) is 0.342. The Kier molecular flexibility index (Phi) is 4.92. The number of nitrogens with zero attached hydrogens (tertiary/aromatic N) is 5. The molecule has 0 unspecified atom stereocenters. The molecular formula is C15H12Cl2N6O3. The molecule has 2 N–H and O–H groups in total. The molecule has 0 aliphatic rings. The van der Waals surface area contributed by atoms with E-state index in [2.05, 4.69) is 20.5 Å². The van der Waals surface area contributed by atoms with Gasteiger partial charge in [-0.2, -0.15) is 5.10 Å². The van der Waals surface area contributed by atoms with E-state index < -0.39 is 11.9 Å². The minimum Gasteiger partial charge on any atom is -0.477 e. The van der Waals surface area contributed by atoms with E-state index in [1.165, 1.54) is 24.3 Å². The van der Waals surface area contributed by atoms with Crippen molar-refractivity contribution in [1.29, 1.82) is 0 Å². The molecule has 0 saturated heterocycles. The molecular weight excluding hydrogens is 383 g/mol. The van der Waals surface area contributed by atoms with Crippen molar-refractivity contribution in [2.45, 2.75) is 6.54 Å². The number of aromatic carboxylic acids is 1. The minimum absolute atomic E-state index is 0.0124. The van der Waals surface area contributed by atoms with E-state index in [1.54, 1.807) is 18.2 Å². The van der Waals surface area contributed by atoms with Gasteiger partial charge in [-0.05, 0) is 12.1 Å². The highest BCUT2D eigenvalue weighted by atomic mass is 35.5.